The summed E-state index contributed by atoms with van der Waals surface area (Å²) in [6.07, 6.45) is -0.627. The van der Waals surface area contributed by atoms with Crippen LogP contribution in [-0.4, -0.2) is 18.2 Å². The van der Waals surface area contributed by atoms with E-state index < -0.39 is 6.09 Å². The molecular weight excluding hydrogens is 322 g/mol. The number of benzene rings is 3. The van der Waals surface area contributed by atoms with Gasteiger partial charge in [0.25, 0.3) is 0 Å². The predicted octanol–water partition coefficient (Wildman–Crippen LogP) is 4.31. The van der Waals surface area contributed by atoms with E-state index in [1.807, 2.05) is 42.5 Å². The number of carbonyl (C=O) groups is 1. The van der Waals surface area contributed by atoms with Crippen LogP contribution in [0.2, 0.25) is 0 Å². The van der Waals surface area contributed by atoms with E-state index in [4.69, 9.17) is 21.7 Å². The summed E-state index contributed by atoms with van der Waals surface area (Å²) in [6, 6.07) is 20.4. The van der Waals surface area contributed by atoms with Crippen molar-refractivity contribution in [2.24, 2.45) is 0 Å². The van der Waals surface area contributed by atoms with Crippen LogP contribution in [0.5, 0.6) is 11.5 Å². The van der Waals surface area contributed by atoms with Crippen LogP contribution in [0.15, 0.2) is 66.7 Å². The van der Waals surface area contributed by atoms with Crippen LogP contribution in [0.25, 0.3) is 10.8 Å². The number of thiocarbonyl (C=S) groups is 1. The summed E-state index contributed by atoms with van der Waals surface area (Å²) in [5.41, 5.74) is 0.787. The fraction of sp³-hybridized carbons (Fsp3) is 0.0526. The number of nitrogens with one attached hydrogen (secondary N) is 1. The number of amides is 1. The Kier molecular flexibility index (Phi) is 4.72. The molecule has 0 aliphatic rings. The van der Waals surface area contributed by atoms with Gasteiger partial charge in [-0.05, 0) is 35.0 Å². The third kappa shape index (κ3) is 3.52. The summed E-state index contributed by atoms with van der Waals surface area (Å²) < 4.78 is 10.3. The van der Waals surface area contributed by atoms with Crippen LogP contribution in [0.1, 0.15) is 5.56 Å². The Labute approximate surface area is 145 Å². The first-order valence-corrected chi connectivity index (χ1v) is 7.73. The zero-order chi connectivity index (χ0) is 16.9. The molecule has 0 fully saturated rings. The second-order valence-electron chi connectivity index (χ2n) is 5.05. The molecule has 0 bridgehead atoms. The number of fused-ring (bicyclic) bond motifs is 1. The summed E-state index contributed by atoms with van der Waals surface area (Å²) in [4.78, 5) is 12.4. The third-order valence-corrected chi connectivity index (χ3v) is 3.84. The molecule has 120 valence electrons. The fourth-order valence-corrected chi connectivity index (χ4v) is 2.62. The maximum Gasteiger partial charge on any atom is 0.417 e. The second kappa shape index (κ2) is 7.10. The monoisotopic (exact) mass is 337 g/mol. The van der Waals surface area contributed by atoms with Gasteiger partial charge in [0.1, 0.15) is 16.5 Å². The maximum atomic E-state index is 12.0. The summed E-state index contributed by atoms with van der Waals surface area (Å²) >= 11 is 5.35. The van der Waals surface area contributed by atoms with E-state index >= 15 is 0 Å². The highest BCUT2D eigenvalue weighted by atomic mass is 32.1. The number of ether oxygens (including phenoxy) is 2. The molecule has 0 spiro atoms. The van der Waals surface area contributed by atoms with Gasteiger partial charge in [0.2, 0.25) is 0 Å². The Morgan fingerprint density at radius 1 is 0.917 bits per heavy atom. The minimum Gasteiger partial charge on any atom is -0.497 e. The van der Waals surface area contributed by atoms with Crippen molar-refractivity contribution in [3.8, 4) is 11.5 Å². The van der Waals surface area contributed by atoms with Crippen molar-refractivity contribution in [1.82, 2.24) is 5.32 Å². The molecular formula is C19H15NO3S. The first-order valence-electron chi connectivity index (χ1n) is 7.32. The maximum absolute atomic E-state index is 12.0. The van der Waals surface area contributed by atoms with Crippen molar-refractivity contribution in [3.63, 3.8) is 0 Å². The molecule has 0 radical (unpaired) electrons. The van der Waals surface area contributed by atoms with E-state index in [2.05, 4.69) is 5.32 Å². The molecule has 0 aliphatic heterocycles. The molecule has 0 aromatic heterocycles. The minimum absolute atomic E-state index is 0.324. The van der Waals surface area contributed by atoms with Crippen LogP contribution in [-0.2, 0) is 0 Å². The first-order chi connectivity index (χ1) is 11.7. The fourth-order valence-electron chi connectivity index (χ4n) is 2.36. The summed E-state index contributed by atoms with van der Waals surface area (Å²) in [7, 11) is 1.57. The number of hydrogen-bond donors (Lipinski definition) is 1. The first kappa shape index (κ1) is 16.0. The van der Waals surface area contributed by atoms with Gasteiger partial charge in [-0.3, -0.25) is 5.32 Å². The van der Waals surface area contributed by atoms with Crippen molar-refractivity contribution >= 4 is 34.1 Å². The Hall–Kier alpha value is -2.92. The molecule has 4 nitrogen and oxygen atoms in total. The smallest absolute Gasteiger partial charge is 0.417 e. The van der Waals surface area contributed by atoms with Gasteiger partial charge in [0, 0.05) is 5.56 Å². The van der Waals surface area contributed by atoms with Crippen molar-refractivity contribution < 1.29 is 14.3 Å². The number of rotatable bonds is 3. The topological polar surface area (TPSA) is 47.6 Å². The highest BCUT2D eigenvalue weighted by molar-refractivity contribution is 7.80. The zero-order valence-corrected chi connectivity index (χ0v) is 13.8. The van der Waals surface area contributed by atoms with Gasteiger partial charge >= 0.3 is 6.09 Å². The Morgan fingerprint density at radius 3 is 2.33 bits per heavy atom. The Balaban J connectivity index is 1.72. The molecule has 1 N–H and O–H groups in total. The lowest BCUT2D eigenvalue weighted by molar-refractivity contribution is 0.206. The van der Waals surface area contributed by atoms with Crippen molar-refractivity contribution in [2.45, 2.75) is 0 Å². The molecule has 0 atom stereocenters. The Morgan fingerprint density at radius 2 is 1.58 bits per heavy atom. The highest BCUT2D eigenvalue weighted by Gasteiger charge is 2.11. The van der Waals surface area contributed by atoms with Gasteiger partial charge in [-0.1, -0.05) is 54.7 Å². The molecule has 24 heavy (non-hydrogen) atoms. The Bertz CT molecular complexity index is 885. The van der Waals surface area contributed by atoms with E-state index in [1.54, 1.807) is 31.4 Å². The summed E-state index contributed by atoms with van der Waals surface area (Å²) in [6.45, 7) is 0. The lowest BCUT2D eigenvalue weighted by Crippen LogP contribution is -2.32. The molecule has 3 aromatic carbocycles. The molecule has 5 heteroatoms. The van der Waals surface area contributed by atoms with Crippen LogP contribution >= 0.6 is 12.2 Å². The zero-order valence-electron chi connectivity index (χ0n) is 13.0. The van der Waals surface area contributed by atoms with E-state index in [0.29, 0.717) is 16.5 Å². The molecule has 0 saturated heterocycles. The van der Waals surface area contributed by atoms with E-state index in [9.17, 15) is 4.79 Å². The van der Waals surface area contributed by atoms with Crippen molar-refractivity contribution in [1.29, 1.82) is 0 Å². The molecule has 3 aromatic rings. The van der Waals surface area contributed by atoms with Gasteiger partial charge in [-0.15, -0.1) is 0 Å². The SMILES string of the molecule is COc1ccc(OC(=O)NC(=S)c2cccc3ccccc23)cc1. The van der Waals surface area contributed by atoms with Gasteiger partial charge in [-0.2, -0.15) is 0 Å². The van der Waals surface area contributed by atoms with Crippen LogP contribution < -0.4 is 14.8 Å². The largest absolute Gasteiger partial charge is 0.497 e. The van der Waals surface area contributed by atoms with Crippen molar-refractivity contribution in [3.05, 3.63) is 72.3 Å². The van der Waals surface area contributed by atoms with Gasteiger partial charge in [0.15, 0.2) is 0 Å². The highest BCUT2D eigenvalue weighted by Crippen LogP contribution is 2.19. The molecule has 1 amide bonds. The van der Waals surface area contributed by atoms with E-state index in [1.165, 1.54) is 0 Å². The molecule has 3 rings (SSSR count). The molecule has 0 aliphatic carbocycles. The number of methoxy groups -OCH3 is 1. The van der Waals surface area contributed by atoms with Crippen LogP contribution in [0.3, 0.4) is 0 Å². The quantitative estimate of drug-likeness (QED) is 0.724. The molecule has 0 saturated carbocycles. The van der Waals surface area contributed by atoms with E-state index in [-0.39, 0.29) is 0 Å². The lowest BCUT2D eigenvalue weighted by Gasteiger charge is -2.10. The molecule has 0 unspecified atom stereocenters. The number of carbonyl (C=O) groups excluding carboxylic acids is 1. The van der Waals surface area contributed by atoms with Crippen LogP contribution in [0.4, 0.5) is 4.79 Å². The van der Waals surface area contributed by atoms with Gasteiger partial charge in [0.05, 0.1) is 7.11 Å². The summed E-state index contributed by atoms with van der Waals surface area (Å²) in [5, 5.41) is 4.64. The average Bonchev–Trinajstić information content (AvgIpc) is 2.61. The number of hydrogen-bond acceptors (Lipinski definition) is 4. The predicted molar refractivity (Wildman–Crippen MR) is 97.8 cm³/mol. The lowest BCUT2D eigenvalue weighted by atomic mass is 10.0. The second-order valence-corrected chi connectivity index (χ2v) is 5.45. The van der Waals surface area contributed by atoms with Crippen molar-refractivity contribution in [2.75, 3.05) is 7.11 Å². The van der Waals surface area contributed by atoms with Gasteiger partial charge < -0.3 is 9.47 Å². The molecule has 0 heterocycles. The van der Waals surface area contributed by atoms with E-state index in [0.717, 1.165) is 16.3 Å². The third-order valence-electron chi connectivity index (χ3n) is 3.52. The standard InChI is InChI=1S/C19H15NO3S/c1-22-14-9-11-15(12-10-14)23-19(21)20-18(24)17-8-4-6-13-5-2-3-7-16(13)17/h2-12H,1H3,(H,20,21,24). The van der Waals surface area contributed by atoms with Gasteiger partial charge in [-0.25, -0.2) is 4.79 Å². The minimum atomic E-state index is -0.627. The van der Waals surface area contributed by atoms with Crippen LogP contribution in [0, 0.1) is 0 Å². The normalized spacial score (nSPS) is 10.2. The summed E-state index contributed by atoms with van der Waals surface area (Å²) in [5.74, 6) is 1.10. The average molecular weight is 337 g/mol.